The van der Waals surface area contributed by atoms with Crippen LogP contribution in [-0.2, 0) is 0 Å². The van der Waals surface area contributed by atoms with E-state index >= 15 is 0 Å². The Hall–Kier alpha value is -2.66. The summed E-state index contributed by atoms with van der Waals surface area (Å²) < 4.78 is 1.79. The van der Waals surface area contributed by atoms with E-state index in [0.717, 1.165) is 17.6 Å². The smallest absolute Gasteiger partial charge is 0.250 e. The summed E-state index contributed by atoms with van der Waals surface area (Å²) in [5, 5.41) is 8.94. The summed E-state index contributed by atoms with van der Waals surface area (Å²) in [5.74, 6) is -0.455. The van der Waals surface area contributed by atoms with Crippen molar-refractivity contribution in [1.29, 1.82) is 0 Å². The van der Waals surface area contributed by atoms with E-state index in [4.69, 9.17) is 5.73 Å². The normalized spacial score (nSPS) is 17.7. The van der Waals surface area contributed by atoms with Crippen LogP contribution in [0.1, 0.15) is 34.8 Å². The maximum atomic E-state index is 11.5. The second-order valence-corrected chi connectivity index (χ2v) is 5.92. The van der Waals surface area contributed by atoms with Crippen LogP contribution in [0.3, 0.4) is 0 Å². The highest BCUT2D eigenvalue weighted by atomic mass is 16.1. The lowest BCUT2D eigenvalue weighted by atomic mass is 10.1. The molecular weight excluding hydrogens is 288 g/mol. The molecule has 0 saturated carbocycles. The first-order valence-corrected chi connectivity index (χ1v) is 7.84. The molecule has 5 heteroatoms. The van der Waals surface area contributed by atoms with Crippen LogP contribution in [0.15, 0.2) is 48.7 Å². The van der Waals surface area contributed by atoms with E-state index in [1.807, 2.05) is 18.3 Å². The van der Waals surface area contributed by atoms with Gasteiger partial charge in [-0.25, -0.2) is 4.68 Å². The summed E-state index contributed by atoms with van der Waals surface area (Å²) in [4.78, 5) is 11.5. The fourth-order valence-electron chi connectivity index (χ4n) is 3.21. The molecule has 0 bridgehead atoms. The Labute approximate surface area is 134 Å². The first-order chi connectivity index (χ1) is 11.2. The van der Waals surface area contributed by atoms with E-state index in [9.17, 15) is 4.79 Å². The highest BCUT2D eigenvalue weighted by Gasteiger charge is 2.16. The SMILES string of the molecule is NC(=O)c1cccc2cn(-c3ccc(C4CCCN4)cc3)nc12. The third-order valence-electron chi connectivity index (χ3n) is 4.42. The van der Waals surface area contributed by atoms with Crippen LogP contribution >= 0.6 is 0 Å². The zero-order valence-corrected chi connectivity index (χ0v) is 12.7. The van der Waals surface area contributed by atoms with Crippen molar-refractivity contribution < 1.29 is 4.79 Å². The molecule has 0 aliphatic carbocycles. The number of primary amides is 1. The first kappa shape index (κ1) is 14.0. The van der Waals surface area contributed by atoms with Crippen molar-refractivity contribution in [3.05, 3.63) is 59.8 Å². The van der Waals surface area contributed by atoms with Crippen molar-refractivity contribution in [3.8, 4) is 5.69 Å². The van der Waals surface area contributed by atoms with Crippen molar-refractivity contribution in [2.75, 3.05) is 6.54 Å². The molecule has 2 aromatic carbocycles. The average molecular weight is 306 g/mol. The van der Waals surface area contributed by atoms with Gasteiger partial charge in [0.25, 0.3) is 5.91 Å². The highest BCUT2D eigenvalue weighted by molar-refractivity contribution is 6.04. The van der Waals surface area contributed by atoms with E-state index in [1.165, 1.54) is 18.4 Å². The third-order valence-corrected chi connectivity index (χ3v) is 4.42. The van der Waals surface area contributed by atoms with E-state index < -0.39 is 5.91 Å². The van der Waals surface area contributed by atoms with Gasteiger partial charge in [0, 0.05) is 17.6 Å². The Morgan fingerprint density at radius 1 is 1.22 bits per heavy atom. The summed E-state index contributed by atoms with van der Waals surface area (Å²) in [7, 11) is 0. The summed E-state index contributed by atoms with van der Waals surface area (Å²) in [6.45, 7) is 1.09. The molecule has 1 unspecified atom stereocenters. The van der Waals surface area contributed by atoms with Gasteiger partial charge in [-0.3, -0.25) is 4.79 Å². The van der Waals surface area contributed by atoms with Gasteiger partial charge in [0.15, 0.2) is 0 Å². The second-order valence-electron chi connectivity index (χ2n) is 5.92. The number of nitrogens with one attached hydrogen (secondary N) is 1. The maximum Gasteiger partial charge on any atom is 0.250 e. The second kappa shape index (κ2) is 5.52. The first-order valence-electron chi connectivity index (χ1n) is 7.84. The van der Waals surface area contributed by atoms with Crippen LogP contribution < -0.4 is 11.1 Å². The molecule has 23 heavy (non-hydrogen) atoms. The minimum atomic E-state index is -0.455. The van der Waals surface area contributed by atoms with E-state index in [1.54, 1.807) is 10.7 Å². The summed E-state index contributed by atoms with van der Waals surface area (Å²) >= 11 is 0. The number of nitrogens with two attached hydrogens (primary N) is 1. The lowest BCUT2D eigenvalue weighted by Gasteiger charge is -2.11. The number of hydrogen-bond acceptors (Lipinski definition) is 3. The van der Waals surface area contributed by atoms with Gasteiger partial charge in [0.05, 0.1) is 11.3 Å². The van der Waals surface area contributed by atoms with Gasteiger partial charge in [0.1, 0.15) is 5.52 Å². The fraction of sp³-hybridized carbons (Fsp3) is 0.222. The molecule has 0 radical (unpaired) electrons. The van der Waals surface area contributed by atoms with Gasteiger partial charge >= 0.3 is 0 Å². The number of hydrogen-bond donors (Lipinski definition) is 2. The molecule has 1 saturated heterocycles. The van der Waals surface area contributed by atoms with Crippen molar-refractivity contribution in [2.24, 2.45) is 5.73 Å². The minimum Gasteiger partial charge on any atom is -0.366 e. The van der Waals surface area contributed by atoms with Gasteiger partial charge < -0.3 is 11.1 Å². The number of fused-ring (bicyclic) bond motifs is 1. The average Bonchev–Trinajstić information content (AvgIpc) is 3.24. The molecule has 2 heterocycles. The number of benzene rings is 2. The number of rotatable bonds is 3. The van der Waals surface area contributed by atoms with Gasteiger partial charge in [-0.05, 0) is 43.1 Å². The molecule has 1 fully saturated rings. The van der Waals surface area contributed by atoms with E-state index in [-0.39, 0.29) is 0 Å². The number of carbonyl (C=O) groups excluding carboxylic acids is 1. The monoisotopic (exact) mass is 306 g/mol. The minimum absolute atomic E-state index is 0.452. The van der Waals surface area contributed by atoms with Gasteiger partial charge in [-0.1, -0.05) is 24.3 Å². The summed E-state index contributed by atoms with van der Waals surface area (Å²) in [6, 6.07) is 14.3. The molecule has 1 aliphatic heterocycles. The molecule has 1 aliphatic rings. The molecule has 3 aromatic rings. The Morgan fingerprint density at radius 2 is 2.04 bits per heavy atom. The molecule has 0 spiro atoms. The number of nitrogens with zero attached hydrogens (tertiary/aromatic N) is 2. The number of amides is 1. The molecule has 4 rings (SSSR count). The Balaban J connectivity index is 1.71. The third kappa shape index (κ3) is 2.49. The molecule has 1 amide bonds. The van der Waals surface area contributed by atoms with Gasteiger partial charge in [-0.2, -0.15) is 5.10 Å². The number of carbonyl (C=O) groups is 1. The van der Waals surface area contributed by atoms with Gasteiger partial charge in [0.2, 0.25) is 0 Å². The van der Waals surface area contributed by atoms with E-state index in [2.05, 4.69) is 34.7 Å². The van der Waals surface area contributed by atoms with Crippen molar-refractivity contribution >= 4 is 16.8 Å². The van der Waals surface area contributed by atoms with Crippen LogP contribution in [0.5, 0.6) is 0 Å². The summed E-state index contributed by atoms with van der Waals surface area (Å²) in [5.41, 5.74) is 8.79. The lowest BCUT2D eigenvalue weighted by Crippen LogP contribution is -2.12. The zero-order valence-electron chi connectivity index (χ0n) is 12.7. The predicted octanol–water partition coefficient (Wildman–Crippen LogP) is 2.55. The molecule has 3 N–H and O–H groups in total. The van der Waals surface area contributed by atoms with Crippen LogP contribution in [0.25, 0.3) is 16.6 Å². The lowest BCUT2D eigenvalue weighted by molar-refractivity contribution is 0.100. The zero-order chi connectivity index (χ0) is 15.8. The van der Waals surface area contributed by atoms with Crippen molar-refractivity contribution in [3.63, 3.8) is 0 Å². The van der Waals surface area contributed by atoms with Crippen molar-refractivity contribution in [1.82, 2.24) is 15.1 Å². The molecule has 5 nitrogen and oxygen atoms in total. The maximum absolute atomic E-state index is 11.5. The molecular formula is C18H18N4O. The largest absolute Gasteiger partial charge is 0.366 e. The summed E-state index contributed by atoms with van der Waals surface area (Å²) in [6.07, 6.45) is 4.34. The predicted molar refractivity (Wildman–Crippen MR) is 89.6 cm³/mol. The van der Waals surface area contributed by atoms with Crippen LogP contribution in [0, 0.1) is 0 Å². The Bertz CT molecular complexity index is 860. The van der Waals surface area contributed by atoms with Crippen LogP contribution in [-0.4, -0.2) is 22.2 Å². The number of aromatic nitrogens is 2. The van der Waals surface area contributed by atoms with Gasteiger partial charge in [-0.15, -0.1) is 0 Å². The topological polar surface area (TPSA) is 72.9 Å². The molecule has 116 valence electrons. The van der Waals surface area contributed by atoms with Crippen LogP contribution in [0.2, 0.25) is 0 Å². The van der Waals surface area contributed by atoms with Crippen LogP contribution in [0.4, 0.5) is 0 Å². The highest BCUT2D eigenvalue weighted by Crippen LogP contribution is 2.24. The Kier molecular flexibility index (Phi) is 3.35. The quantitative estimate of drug-likeness (QED) is 0.781. The van der Waals surface area contributed by atoms with Crippen molar-refractivity contribution in [2.45, 2.75) is 18.9 Å². The molecule has 1 atom stereocenters. The fourth-order valence-corrected chi connectivity index (χ4v) is 3.21. The Morgan fingerprint density at radius 3 is 2.74 bits per heavy atom. The van der Waals surface area contributed by atoms with E-state index in [0.29, 0.717) is 17.1 Å². The standard InChI is InChI=1S/C18H18N4O/c19-18(23)15-4-1-3-13-11-22(21-17(13)15)14-8-6-12(7-9-14)16-5-2-10-20-16/h1,3-4,6-9,11,16,20H,2,5,10H2,(H2,19,23). The molecule has 1 aromatic heterocycles.